The SMILES string of the molecule is CCSCCC(C)n1c(CCl)nc2cc(C)ccc21. The highest BCUT2D eigenvalue weighted by atomic mass is 35.5. The molecule has 0 N–H and O–H groups in total. The first kappa shape index (κ1) is 14.7. The third-order valence-corrected chi connectivity index (χ3v) is 4.53. The van der Waals surface area contributed by atoms with Crippen LogP contribution in [0.1, 0.15) is 37.7 Å². The van der Waals surface area contributed by atoms with Crippen molar-refractivity contribution in [2.45, 2.75) is 39.1 Å². The summed E-state index contributed by atoms with van der Waals surface area (Å²) in [6.45, 7) is 6.56. The Bertz CT molecular complexity index is 550. The number of aromatic nitrogens is 2. The maximum atomic E-state index is 6.06. The normalized spacial score (nSPS) is 13.1. The average molecular weight is 297 g/mol. The van der Waals surface area contributed by atoms with E-state index < -0.39 is 0 Å². The van der Waals surface area contributed by atoms with Gasteiger partial charge in [-0.1, -0.05) is 13.0 Å². The van der Waals surface area contributed by atoms with Crippen molar-refractivity contribution in [1.82, 2.24) is 9.55 Å². The van der Waals surface area contributed by atoms with Gasteiger partial charge in [0, 0.05) is 6.04 Å². The van der Waals surface area contributed by atoms with Crippen LogP contribution in [-0.4, -0.2) is 21.1 Å². The zero-order valence-electron chi connectivity index (χ0n) is 11.8. The molecule has 1 aromatic heterocycles. The summed E-state index contributed by atoms with van der Waals surface area (Å²) >= 11 is 8.05. The quantitative estimate of drug-likeness (QED) is 0.563. The lowest BCUT2D eigenvalue weighted by molar-refractivity contribution is 0.534. The van der Waals surface area contributed by atoms with Crippen LogP contribution in [0, 0.1) is 6.92 Å². The van der Waals surface area contributed by atoms with Crippen molar-refractivity contribution < 1.29 is 0 Å². The molecule has 0 spiro atoms. The smallest absolute Gasteiger partial charge is 0.125 e. The van der Waals surface area contributed by atoms with E-state index in [2.05, 4.69) is 48.5 Å². The second kappa shape index (κ2) is 6.67. The van der Waals surface area contributed by atoms with E-state index in [4.69, 9.17) is 11.6 Å². The number of fused-ring (bicyclic) bond motifs is 1. The molecular weight excluding hydrogens is 276 g/mol. The van der Waals surface area contributed by atoms with Crippen LogP contribution in [0.25, 0.3) is 11.0 Å². The summed E-state index contributed by atoms with van der Waals surface area (Å²) in [7, 11) is 0. The third-order valence-electron chi connectivity index (χ3n) is 3.36. The highest BCUT2D eigenvalue weighted by Gasteiger charge is 2.15. The van der Waals surface area contributed by atoms with E-state index in [1.807, 2.05) is 11.8 Å². The first-order valence-corrected chi connectivity index (χ1v) is 8.47. The topological polar surface area (TPSA) is 17.8 Å². The number of benzene rings is 1. The summed E-state index contributed by atoms with van der Waals surface area (Å²) in [6, 6.07) is 6.89. The lowest BCUT2D eigenvalue weighted by Gasteiger charge is -2.16. The van der Waals surface area contributed by atoms with Gasteiger partial charge in [-0.05, 0) is 49.5 Å². The van der Waals surface area contributed by atoms with Gasteiger partial charge in [-0.2, -0.15) is 11.8 Å². The Balaban J connectivity index is 2.34. The minimum atomic E-state index is 0.445. The number of hydrogen-bond acceptors (Lipinski definition) is 2. The Labute approximate surface area is 124 Å². The van der Waals surface area contributed by atoms with Gasteiger partial charge in [0.15, 0.2) is 0 Å². The predicted molar refractivity (Wildman–Crippen MR) is 86.4 cm³/mol. The van der Waals surface area contributed by atoms with Gasteiger partial charge in [0.05, 0.1) is 16.9 Å². The van der Waals surface area contributed by atoms with Crippen molar-refractivity contribution in [2.75, 3.05) is 11.5 Å². The lowest BCUT2D eigenvalue weighted by Crippen LogP contribution is -2.09. The molecule has 2 aromatic rings. The summed E-state index contributed by atoms with van der Waals surface area (Å²) < 4.78 is 2.30. The second-order valence-corrected chi connectivity index (χ2v) is 6.52. The van der Waals surface area contributed by atoms with E-state index in [0.717, 1.165) is 17.8 Å². The lowest BCUT2D eigenvalue weighted by atomic mass is 10.2. The number of thioether (sulfide) groups is 1. The van der Waals surface area contributed by atoms with Crippen LogP contribution in [0.5, 0.6) is 0 Å². The predicted octanol–water partition coefficient (Wildman–Crippen LogP) is 4.79. The van der Waals surface area contributed by atoms with Crippen LogP contribution < -0.4 is 0 Å². The number of halogens is 1. The van der Waals surface area contributed by atoms with Gasteiger partial charge in [-0.3, -0.25) is 0 Å². The molecule has 2 rings (SSSR count). The Morgan fingerprint density at radius 2 is 2.21 bits per heavy atom. The van der Waals surface area contributed by atoms with E-state index in [-0.39, 0.29) is 0 Å². The Morgan fingerprint density at radius 3 is 2.89 bits per heavy atom. The average Bonchev–Trinajstić information content (AvgIpc) is 2.76. The van der Waals surface area contributed by atoms with Crippen molar-refractivity contribution in [3.8, 4) is 0 Å². The summed E-state index contributed by atoms with van der Waals surface area (Å²) in [5.74, 6) is 3.82. The molecule has 1 heterocycles. The van der Waals surface area contributed by atoms with Gasteiger partial charge >= 0.3 is 0 Å². The summed E-state index contributed by atoms with van der Waals surface area (Å²) in [5.41, 5.74) is 3.51. The summed E-state index contributed by atoms with van der Waals surface area (Å²) in [4.78, 5) is 4.67. The molecule has 0 saturated heterocycles. The molecule has 0 fully saturated rings. The molecule has 0 aliphatic carbocycles. The van der Waals surface area contributed by atoms with Crippen molar-refractivity contribution in [2.24, 2.45) is 0 Å². The molecular formula is C15H21ClN2S. The fourth-order valence-corrected chi connectivity index (χ4v) is 3.36. The van der Waals surface area contributed by atoms with Crippen LogP contribution in [0.15, 0.2) is 18.2 Å². The highest BCUT2D eigenvalue weighted by Crippen LogP contribution is 2.25. The van der Waals surface area contributed by atoms with Crippen LogP contribution >= 0.6 is 23.4 Å². The Kier molecular flexibility index (Phi) is 5.17. The summed E-state index contributed by atoms with van der Waals surface area (Å²) in [5, 5.41) is 0. The molecule has 104 valence electrons. The fraction of sp³-hybridized carbons (Fsp3) is 0.533. The summed E-state index contributed by atoms with van der Waals surface area (Å²) in [6.07, 6.45) is 1.15. The zero-order chi connectivity index (χ0) is 13.8. The van der Waals surface area contributed by atoms with Crippen LogP contribution in [0.2, 0.25) is 0 Å². The van der Waals surface area contributed by atoms with Crippen LogP contribution in [-0.2, 0) is 5.88 Å². The second-order valence-electron chi connectivity index (χ2n) is 4.86. The minimum absolute atomic E-state index is 0.445. The molecule has 0 saturated carbocycles. The third kappa shape index (κ3) is 3.26. The molecule has 19 heavy (non-hydrogen) atoms. The van der Waals surface area contributed by atoms with E-state index in [9.17, 15) is 0 Å². The van der Waals surface area contributed by atoms with Gasteiger partial charge in [0.2, 0.25) is 0 Å². The standard InChI is InChI=1S/C15H21ClN2S/c1-4-19-8-7-12(3)18-14-6-5-11(2)9-13(14)17-15(18)10-16/h5-6,9,12H,4,7-8,10H2,1-3H3. The van der Waals surface area contributed by atoms with Crippen molar-refractivity contribution in [3.05, 3.63) is 29.6 Å². The molecule has 0 aliphatic heterocycles. The van der Waals surface area contributed by atoms with Gasteiger partial charge in [0.25, 0.3) is 0 Å². The van der Waals surface area contributed by atoms with Crippen LogP contribution in [0.3, 0.4) is 0 Å². The number of hydrogen-bond donors (Lipinski definition) is 0. The fourth-order valence-electron chi connectivity index (χ4n) is 2.37. The first-order valence-electron chi connectivity index (χ1n) is 6.78. The Morgan fingerprint density at radius 1 is 1.42 bits per heavy atom. The monoisotopic (exact) mass is 296 g/mol. The van der Waals surface area contributed by atoms with Crippen molar-refractivity contribution in [1.29, 1.82) is 0 Å². The molecule has 2 nitrogen and oxygen atoms in total. The number of alkyl halides is 1. The van der Waals surface area contributed by atoms with Gasteiger partial charge in [-0.15, -0.1) is 11.6 Å². The van der Waals surface area contributed by atoms with Gasteiger partial charge in [-0.25, -0.2) is 4.98 Å². The maximum Gasteiger partial charge on any atom is 0.125 e. The van der Waals surface area contributed by atoms with Gasteiger partial charge in [0.1, 0.15) is 5.82 Å². The van der Waals surface area contributed by atoms with E-state index in [1.165, 1.54) is 22.6 Å². The van der Waals surface area contributed by atoms with Crippen molar-refractivity contribution in [3.63, 3.8) is 0 Å². The van der Waals surface area contributed by atoms with Crippen molar-refractivity contribution >= 4 is 34.4 Å². The molecule has 0 aliphatic rings. The number of imidazole rings is 1. The van der Waals surface area contributed by atoms with E-state index in [1.54, 1.807) is 0 Å². The number of rotatable bonds is 6. The van der Waals surface area contributed by atoms with Gasteiger partial charge < -0.3 is 4.57 Å². The maximum absolute atomic E-state index is 6.06. The van der Waals surface area contributed by atoms with E-state index in [0.29, 0.717) is 11.9 Å². The number of nitrogens with zero attached hydrogens (tertiary/aromatic N) is 2. The molecule has 1 atom stereocenters. The Hall–Kier alpha value is -0.670. The molecule has 0 bridgehead atoms. The van der Waals surface area contributed by atoms with E-state index >= 15 is 0 Å². The molecule has 0 amide bonds. The highest BCUT2D eigenvalue weighted by molar-refractivity contribution is 7.99. The number of aryl methyl sites for hydroxylation is 1. The molecule has 4 heteroatoms. The molecule has 1 aromatic carbocycles. The first-order chi connectivity index (χ1) is 9.17. The molecule has 1 unspecified atom stereocenters. The zero-order valence-corrected chi connectivity index (χ0v) is 13.4. The molecule has 0 radical (unpaired) electrons. The largest absolute Gasteiger partial charge is 0.324 e. The van der Waals surface area contributed by atoms with Crippen LogP contribution in [0.4, 0.5) is 0 Å². The minimum Gasteiger partial charge on any atom is -0.324 e.